The van der Waals surface area contributed by atoms with E-state index in [2.05, 4.69) is 33.6 Å². The van der Waals surface area contributed by atoms with Crippen LogP contribution in [0.4, 0.5) is 4.39 Å². The summed E-state index contributed by atoms with van der Waals surface area (Å²) in [6.45, 7) is 0. The number of pyridine rings is 2. The molecule has 5 nitrogen and oxygen atoms in total. The van der Waals surface area contributed by atoms with Gasteiger partial charge in [-0.1, -0.05) is 11.3 Å². The van der Waals surface area contributed by atoms with E-state index in [-0.39, 0.29) is 11.2 Å². The molecule has 3 heterocycles. The molecule has 3 aromatic heterocycles. The molecule has 1 saturated carbocycles. The van der Waals surface area contributed by atoms with E-state index in [1.807, 2.05) is 22.8 Å². The first-order valence-electron chi connectivity index (χ1n) is 11.7. The van der Waals surface area contributed by atoms with Gasteiger partial charge in [-0.3, -0.25) is 9.78 Å². The topological polar surface area (TPSA) is 60.2 Å². The van der Waals surface area contributed by atoms with Crippen molar-refractivity contribution in [3.05, 3.63) is 83.6 Å². The lowest BCUT2D eigenvalue weighted by atomic mass is 9.59. The van der Waals surface area contributed by atoms with Crippen LogP contribution in [0.2, 0.25) is 0 Å². The standard InChI is InChI=1S/C27H25FN4O/c28-21-9-7-18(8-10-21)26-25-14-19-4-3-5-20-15-23(33)11-12-27(20,16-22-6-1-2-13-29-22)24(19)17-32(25)31-30-26/h1-2,6-10,13-14,17,20H,3-5,11-12,15-16H2/t20-,27+/m1/s1. The van der Waals surface area contributed by atoms with Crippen LogP contribution in [-0.2, 0) is 23.1 Å². The largest absolute Gasteiger partial charge is 0.300 e. The molecule has 2 atom stereocenters. The van der Waals surface area contributed by atoms with Crippen molar-refractivity contribution >= 4 is 11.3 Å². The second-order valence-corrected chi connectivity index (χ2v) is 9.47. The Kier molecular flexibility index (Phi) is 4.82. The van der Waals surface area contributed by atoms with Crippen LogP contribution in [0.5, 0.6) is 0 Å². The minimum atomic E-state index is -0.265. The van der Waals surface area contributed by atoms with Crippen LogP contribution in [0.3, 0.4) is 0 Å². The zero-order valence-corrected chi connectivity index (χ0v) is 18.4. The predicted octanol–water partition coefficient (Wildman–Crippen LogP) is 5.12. The maximum absolute atomic E-state index is 13.4. The fourth-order valence-corrected chi connectivity index (χ4v) is 6.01. The van der Waals surface area contributed by atoms with Crippen LogP contribution >= 0.6 is 0 Å². The number of nitrogens with zero attached hydrogens (tertiary/aromatic N) is 4. The molecule has 2 aliphatic carbocycles. The number of hydrogen-bond donors (Lipinski definition) is 0. The Balaban J connectivity index is 1.52. The Morgan fingerprint density at radius 1 is 1.12 bits per heavy atom. The first-order valence-corrected chi connectivity index (χ1v) is 11.7. The summed E-state index contributed by atoms with van der Waals surface area (Å²) in [5, 5.41) is 8.87. The minimum Gasteiger partial charge on any atom is -0.300 e. The third kappa shape index (κ3) is 3.45. The Labute approximate surface area is 191 Å². The molecule has 166 valence electrons. The lowest BCUT2D eigenvalue weighted by molar-refractivity contribution is -0.123. The molecule has 0 spiro atoms. The van der Waals surface area contributed by atoms with Crippen molar-refractivity contribution in [3.63, 3.8) is 0 Å². The number of Topliss-reactive ketones (excluding diaryl/α,β-unsaturated/α-hetero) is 1. The molecule has 33 heavy (non-hydrogen) atoms. The minimum absolute atomic E-state index is 0.135. The number of hydrogen-bond acceptors (Lipinski definition) is 4. The van der Waals surface area contributed by atoms with Gasteiger partial charge in [0.15, 0.2) is 0 Å². The van der Waals surface area contributed by atoms with E-state index in [1.54, 1.807) is 12.1 Å². The lowest BCUT2D eigenvalue weighted by Gasteiger charge is -2.44. The monoisotopic (exact) mass is 440 g/mol. The average Bonchev–Trinajstić information content (AvgIpc) is 3.18. The molecule has 2 aliphatic rings. The highest BCUT2D eigenvalue weighted by molar-refractivity contribution is 5.81. The molecule has 6 rings (SSSR count). The molecular weight excluding hydrogens is 415 g/mol. The Hall–Kier alpha value is -3.41. The number of aromatic nitrogens is 4. The van der Waals surface area contributed by atoms with Gasteiger partial charge in [0, 0.05) is 41.9 Å². The quantitative estimate of drug-likeness (QED) is 0.444. The summed E-state index contributed by atoms with van der Waals surface area (Å²) >= 11 is 0. The van der Waals surface area contributed by atoms with Crippen molar-refractivity contribution in [2.24, 2.45) is 5.92 Å². The van der Waals surface area contributed by atoms with E-state index < -0.39 is 0 Å². The van der Waals surface area contributed by atoms with Crippen LogP contribution in [0.25, 0.3) is 16.8 Å². The highest BCUT2D eigenvalue weighted by atomic mass is 19.1. The summed E-state index contributed by atoms with van der Waals surface area (Å²) in [5.74, 6) is 0.415. The van der Waals surface area contributed by atoms with Crippen LogP contribution in [0.1, 0.15) is 48.9 Å². The third-order valence-electron chi connectivity index (χ3n) is 7.62. The molecule has 0 saturated heterocycles. The van der Waals surface area contributed by atoms with Crippen LogP contribution in [-0.4, -0.2) is 25.6 Å². The van der Waals surface area contributed by atoms with Gasteiger partial charge in [-0.15, -0.1) is 5.10 Å². The number of fused-ring (bicyclic) bond motifs is 4. The molecule has 4 aromatic rings. The second kappa shape index (κ2) is 7.87. The molecule has 0 aliphatic heterocycles. The van der Waals surface area contributed by atoms with Gasteiger partial charge in [0.25, 0.3) is 0 Å². The number of carbonyl (C=O) groups is 1. The maximum atomic E-state index is 13.4. The number of ketones is 1. The van der Waals surface area contributed by atoms with Gasteiger partial charge in [-0.2, -0.15) is 0 Å². The summed E-state index contributed by atoms with van der Waals surface area (Å²) in [6.07, 6.45) is 9.96. The number of rotatable bonds is 3. The fourth-order valence-electron chi connectivity index (χ4n) is 6.01. The maximum Gasteiger partial charge on any atom is 0.133 e. The summed E-state index contributed by atoms with van der Waals surface area (Å²) in [7, 11) is 0. The fraction of sp³-hybridized carbons (Fsp3) is 0.333. The van der Waals surface area contributed by atoms with Gasteiger partial charge in [-0.25, -0.2) is 8.91 Å². The summed E-state index contributed by atoms with van der Waals surface area (Å²) in [6, 6.07) is 14.7. The van der Waals surface area contributed by atoms with Crippen molar-refractivity contribution in [2.75, 3.05) is 0 Å². The molecule has 0 N–H and O–H groups in total. The molecular formula is C27H25FN4O. The number of aryl methyl sites for hydroxylation is 1. The van der Waals surface area contributed by atoms with Crippen molar-refractivity contribution in [1.82, 2.24) is 19.8 Å². The highest BCUT2D eigenvalue weighted by Gasteiger charge is 2.47. The van der Waals surface area contributed by atoms with Gasteiger partial charge in [0.05, 0.1) is 5.52 Å². The second-order valence-electron chi connectivity index (χ2n) is 9.47. The van der Waals surface area contributed by atoms with Crippen molar-refractivity contribution in [2.45, 2.75) is 50.4 Å². The smallest absolute Gasteiger partial charge is 0.133 e. The van der Waals surface area contributed by atoms with E-state index in [9.17, 15) is 9.18 Å². The summed E-state index contributed by atoms with van der Waals surface area (Å²) in [5.41, 5.74) is 6.06. The Morgan fingerprint density at radius 2 is 2.00 bits per heavy atom. The normalized spacial score (nSPS) is 22.6. The van der Waals surface area contributed by atoms with Gasteiger partial charge in [0.1, 0.15) is 17.3 Å². The molecule has 1 fully saturated rings. The van der Waals surface area contributed by atoms with Crippen molar-refractivity contribution < 1.29 is 9.18 Å². The van der Waals surface area contributed by atoms with Crippen LogP contribution in [0, 0.1) is 11.7 Å². The first-order chi connectivity index (χ1) is 16.1. The van der Waals surface area contributed by atoms with Gasteiger partial charge in [-0.05, 0) is 91.6 Å². The summed E-state index contributed by atoms with van der Waals surface area (Å²) in [4.78, 5) is 17.1. The number of carbonyl (C=O) groups excluding carboxylic acids is 1. The first kappa shape index (κ1) is 20.2. The molecule has 0 amide bonds. The zero-order valence-electron chi connectivity index (χ0n) is 18.4. The van der Waals surface area contributed by atoms with Crippen molar-refractivity contribution in [3.8, 4) is 11.3 Å². The zero-order chi connectivity index (χ0) is 22.4. The van der Waals surface area contributed by atoms with E-state index >= 15 is 0 Å². The highest BCUT2D eigenvalue weighted by Crippen LogP contribution is 2.50. The van der Waals surface area contributed by atoms with Crippen LogP contribution in [0.15, 0.2) is 60.9 Å². The number of halogens is 1. The lowest BCUT2D eigenvalue weighted by Crippen LogP contribution is -2.43. The predicted molar refractivity (Wildman–Crippen MR) is 123 cm³/mol. The third-order valence-corrected chi connectivity index (χ3v) is 7.62. The molecule has 0 radical (unpaired) electrons. The Bertz CT molecular complexity index is 1330. The number of benzene rings is 1. The van der Waals surface area contributed by atoms with Crippen molar-refractivity contribution in [1.29, 1.82) is 0 Å². The molecule has 6 heteroatoms. The van der Waals surface area contributed by atoms with E-state index in [0.717, 1.165) is 54.6 Å². The van der Waals surface area contributed by atoms with E-state index in [1.165, 1.54) is 23.3 Å². The molecule has 1 aromatic carbocycles. The SMILES string of the molecule is O=C1CC[C@@]2(Cc3ccccn3)c3cn4nnc(-c5ccc(F)cc5)c4cc3CCC[C@@H]2C1. The van der Waals surface area contributed by atoms with Crippen LogP contribution < -0.4 is 0 Å². The molecule has 0 unspecified atom stereocenters. The summed E-state index contributed by atoms with van der Waals surface area (Å²) < 4.78 is 15.3. The van der Waals surface area contributed by atoms with Gasteiger partial charge >= 0.3 is 0 Å². The average molecular weight is 441 g/mol. The van der Waals surface area contributed by atoms with E-state index in [4.69, 9.17) is 0 Å². The van der Waals surface area contributed by atoms with Gasteiger partial charge in [0.2, 0.25) is 0 Å². The van der Waals surface area contributed by atoms with Gasteiger partial charge < -0.3 is 0 Å². The van der Waals surface area contributed by atoms with E-state index in [0.29, 0.717) is 24.5 Å². The molecule has 0 bridgehead atoms. The Morgan fingerprint density at radius 3 is 2.82 bits per heavy atom.